The van der Waals surface area contributed by atoms with E-state index in [1.54, 1.807) is 0 Å². The standard InChI is InChI=1S/C18H17N3.ClH/c1-11(19)15-9-20-18-7-6-12(8-14(15)18)16-10-21-17-5-3-2-4-13(16)17;/h2-11,20-21H,19H2,1H3;1H. The summed E-state index contributed by atoms with van der Waals surface area (Å²) in [5.74, 6) is 0. The molecule has 0 fully saturated rings. The number of aromatic nitrogens is 2. The van der Waals surface area contributed by atoms with Crippen LogP contribution in [0.4, 0.5) is 0 Å². The van der Waals surface area contributed by atoms with Gasteiger partial charge in [-0.1, -0.05) is 24.3 Å². The van der Waals surface area contributed by atoms with Crippen LogP contribution in [-0.4, -0.2) is 9.97 Å². The van der Waals surface area contributed by atoms with E-state index in [2.05, 4.69) is 52.6 Å². The van der Waals surface area contributed by atoms with E-state index in [0.717, 1.165) is 16.6 Å². The zero-order chi connectivity index (χ0) is 14.4. The van der Waals surface area contributed by atoms with Crippen molar-refractivity contribution in [2.24, 2.45) is 5.73 Å². The van der Waals surface area contributed by atoms with Crippen LogP contribution >= 0.6 is 12.4 Å². The van der Waals surface area contributed by atoms with Crippen LogP contribution in [0.15, 0.2) is 54.9 Å². The molecule has 4 N–H and O–H groups in total. The second-order valence-electron chi connectivity index (χ2n) is 5.54. The molecule has 22 heavy (non-hydrogen) atoms. The maximum atomic E-state index is 6.06. The molecule has 4 heteroatoms. The molecule has 0 saturated carbocycles. The molecule has 4 rings (SSSR count). The molecule has 0 spiro atoms. The van der Waals surface area contributed by atoms with Gasteiger partial charge < -0.3 is 15.7 Å². The summed E-state index contributed by atoms with van der Waals surface area (Å²) in [6.45, 7) is 2.01. The van der Waals surface area contributed by atoms with Crippen LogP contribution in [0, 0.1) is 0 Å². The molecule has 0 aliphatic heterocycles. The van der Waals surface area contributed by atoms with Gasteiger partial charge in [-0.25, -0.2) is 0 Å². The highest BCUT2D eigenvalue weighted by Crippen LogP contribution is 2.32. The third-order valence-corrected chi connectivity index (χ3v) is 4.10. The number of fused-ring (bicyclic) bond motifs is 2. The van der Waals surface area contributed by atoms with Crippen LogP contribution in [0.1, 0.15) is 18.5 Å². The Morgan fingerprint density at radius 1 is 0.909 bits per heavy atom. The first-order chi connectivity index (χ1) is 10.2. The SMILES string of the molecule is CC(N)c1c[nH]c2ccc(-c3c[nH]c4ccccc34)cc12.Cl. The molecule has 3 nitrogen and oxygen atoms in total. The molecule has 0 amide bonds. The summed E-state index contributed by atoms with van der Waals surface area (Å²) >= 11 is 0. The Morgan fingerprint density at radius 3 is 2.45 bits per heavy atom. The van der Waals surface area contributed by atoms with Crippen molar-refractivity contribution in [3.8, 4) is 11.1 Å². The number of rotatable bonds is 2. The quantitative estimate of drug-likeness (QED) is 0.491. The Morgan fingerprint density at radius 2 is 1.64 bits per heavy atom. The molecule has 2 heterocycles. The van der Waals surface area contributed by atoms with Crippen molar-refractivity contribution in [3.63, 3.8) is 0 Å². The Labute approximate surface area is 134 Å². The normalized spacial score (nSPS) is 12.5. The maximum Gasteiger partial charge on any atom is 0.0460 e. The van der Waals surface area contributed by atoms with Crippen molar-refractivity contribution >= 4 is 34.2 Å². The molecule has 1 unspecified atom stereocenters. The van der Waals surface area contributed by atoms with Gasteiger partial charge in [0.05, 0.1) is 0 Å². The molecule has 0 bridgehead atoms. The Kier molecular flexibility index (Phi) is 3.69. The minimum atomic E-state index is 0. The van der Waals surface area contributed by atoms with Crippen LogP contribution in [0.3, 0.4) is 0 Å². The third-order valence-electron chi connectivity index (χ3n) is 4.10. The zero-order valence-corrected chi connectivity index (χ0v) is 13.1. The molecular formula is C18H18ClN3. The number of halogens is 1. The smallest absolute Gasteiger partial charge is 0.0460 e. The Hall–Kier alpha value is -2.23. The monoisotopic (exact) mass is 311 g/mol. The van der Waals surface area contributed by atoms with Crippen molar-refractivity contribution < 1.29 is 0 Å². The van der Waals surface area contributed by atoms with E-state index in [1.165, 1.54) is 21.9 Å². The van der Waals surface area contributed by atoms with Gasteiger partial charge in [0.15, 0.2) is 0 Å². The van der Waals surface area contributed by atoms with Crippen LogP contribution in [0.2, 0.25) is 0 Å². The first kappa shape index (κ1) is 14.7. The van der Waals surface area contributed by atoms with Crippen LogP contribution < -0.4 is 5.73 Å². The third kappa shape index (κ3) is 2.19. The largest absolute Gasteiger partial charge is 0.361 e. The van der Waals surface area contributed by atoms with Crippen LogP contribution in [0.25, 0.3) is 32.9 Å². The lowest BCUT2D eigenvalue weighted by Crippen LogP contribution is -2.03. The minimum absolute atomic E-state index is 0. The van der Waals surface area contributed by atoms with Gasteiger partial charge in [-0.05, 0) is 36.2 Å². The van der Waals surface area contributed by atoms with E-state index in [9.17, 15) is 0 Å². The first-order valence-corrected chi connectivity index (χ1v) is 7.17. The molecule has 0 saturated heterocycles. The van der Waals surface area contributed by atoms with Crippen LogP contribution in [0.5, 0.6) is 0 Å². The summed E-state index contributed by atoms with van der Waals surface area (Å²) in [6, 6.07) is 14.9. The number of nitrogens with one attached hydrogen (secondary N) is 2. The number of aromatic amines is 2. The van der Waals surface area contributed by atoms with E-state index in [4.69, 9.17) is 5.73 Å². The Balaban J connectivity index is 0.00000144. The number of hydrogen-bond acceptors (Lipinski definition) is 1. The predicted octanol–water partition coefficient (Wildman–Crippen LogP) is 4.76. The number of benzene rings is 2. The predicted molar refractivity (Wildman–Crippen MR) is 95.4 cm³/mol. The average Bonchev–Trinajstić information content (AvgIpc) is 3.10. The molecule has 0 aliphatic rings. The van der Waals surface area contributed by atoms with Gasteiger partial charge in [0, 0.05) is 45.8 Å². The van der Waals surface area contributed by atoms with E-state index in [1.807, 2.05) is 19.2 Å². The summed E-state index contributed by atoms with van der Waals surface area (Å²) in [5, 5.41) is 2.45. The highest BCUT2D eigenvalue weighted by Gasteiger charge is 2.11. The summed E-state index contributed by atoms with van der Waals surface area (Å²) in [5.41, 5.74) is 11.9. The Bertz CT molecular complexity index is 934. The van der Waals surface area contributed by atoms with Gasteiger partial charge >= 0.3 is 0 Å². The molecule has 112 valence electrons. The minimum Gasteiger partial charge on any atom is -0.361 e. The van der Waals surface area contributed by atoms with E-state index in [-0.39, 0.29) is 18.4 Å². The first-order valence-electron chi connectivity index (χ1n) is 7.17. The second kappa shape index (κ2) is 5.52. The molecule has 0 radical (unpaired) electrons. The van der Waals surface area contributed by atoms with Crippen molar-refractivity contribution in [1.82, 2.24) is 9.97 Å². The fraction of sp³-hybridized carbons (Fsp3) is 0.111. The molecule has 4 aromatic rings. The van der Waals surface area contributed by atoms with Gasteiger partial charge in [-0.3, -0.25) is 0 Å². The lowest BCUT2D eigenvalue weighted by Gasteiger charge is -2.05. The second-order valence-corrected chi connectivity index (χ2v) is 5.54. The summed E-state index contributed by atoms with van der Waals surface area (Å²) < 4.78 is 0. The van der Waals surface area contributed by atoms with Gasteiger partial charge in [-0.15, -0.1) is 12.4 Å². The van der Waals surface area contributed by atoms with Gasteiger partial charge in [0.25, 0.3) is 0 Å². The highest BCUT2D eigenvalue weighted by atomic mass is 35.5. The van der Waals surface area contributed by atoms with Gasteiger partial charge in [-0.2, -0.15) is 0 Å². The summed E-state index contributed by atoms with van der Waals surface area (Å²) in [4.78, 5) is 6.62. The van der Waals surface area contributed by atoms with Crippen molar-refractivity contribution in [2.45, 2.75) is 13.0 Å². The lowest BCUT2D eigenvalue weighted by atomic mass is 10.0. The van der Waals surface area contributed by atoms with Crippen molar-refractivity contribution in [2.75, 3.05) is 0 Å². The molecular weight excluding hydrogens is 294 g/mol. The van der Waals surface area contributed by atoms with E-state index < -0.39 is 0 Å². The van der Waals surface area contributed by atoms with E-state index >= 15 is 0 Å². The van der Waals surface area contributed by atoms with Crippen LogP contribution in [-0.2, 0) is 0 Å². The number of H-pyrrole nitrogens is 2. The van der Waals surface area contributed by atoms with Crippen molar-refractivity contribution in [3.05, 3.63) is 60.4 Å². The summed E-state index contributed by atoms with van der Waals surface area (Å²) in [7, 11) is 0. The average molecular weight is 312 g/mol. The number of hydrogen-bond donors (Lipinski definition) is 3. The lowest BCUT2D eigenvalue weighted by molar-refractivity contribution is 0.826. The molecule has 2 aromatic heterocycles. The summed E-state index contributed by atoms with van der Waals surface area (Å²) in [6.07, 6.45) is 4.08. The van der Waals surface area contributed by atoms with E-state index in [0.29, 0.717) is 0 Å². The van der Waals surface area contributed by atoms with Crippen molar-refractivity contribution in [1.29, 1.82) is 0 Å². The zero-order valence-electron chi connectivity index (χ0n) is 12.3. The molecule has 1 atom stereocenters. The maximum absolute atomic E-state index is 6.06. The van der Waals surface area contributed by atoms with Gasteiger partial charge in [0.2, 0.25) is 0 Å². The number of para-hydroxylation sites is 1. The number of nitrogens with two attached hydrogens (primary N) is 1. The highest BCUT2D eigenvalue weighted by molar-refractivity contribution is 5.98. The fourth-order valence-electron chi connectivity index (χ4n) is 3.00. The fourth-order valence-corrected chi connectivity index (χ4v) is 3.00. The topological polar surface area (TPSA) is 57.6 Å². The van der Waals surface area contributed by atoms with Gasteiger partial charge in [0.1, 0.15) is 0 Å². The molecule has 2 aromatic carbocycles. The molecule has 0 aliphatic carbocycles.